The van der Waals surface area contributed by atoms with E-state index in [4.69, 9.17) is 0 Å². The molecule has 2 aromatic heterocycles. The largest absolute Gasteiger partial charge is 0.306 e. The van der Waals surface area contributed by atoms with Crippen LogP contribution in [0.15, 0.2) is 35.8 Å². The summed E-state index contributed by atoms with van der Waals surface area (Å²) in [7, 11) is 0. The van der Waals surface area contributed by atoms with E-state index in [1.165, 1.54) is 10.1 Å². The Morgan fingerprint density at radius 1 is 1.25 bits per heavy atom. The SMILES string of the molecule is CC(C)(C)NCc1cn(-c2ccc3sccc3c2)nn1. The van der Waals surface area contributed by atoms with Crippen LogP contribution >= 0.6 is 11.3 Å². The normalized spacial score (nSPS) is 12.2. The Morgan fingerprint density at radius 3 is 2.90 bits per heavy atom. The molecule has 0 saturated heterocycles. The predicted octanol–water partition coefficient (Wildman–Crippen LogP) is 3.37. The third kappa shape index (κ3) is 2.89. The molecular weight excluding hydrogens is 268 g/mol. The molecule has 0 radical (unpaired) electrons. The van der Waals surface area contributed by atoms with Crippen molar-refractivity contribution >= 4 is 21.4 Å². The molecule has 0 saturated carbocycles. The number of thiophene rings is 1. The molecule has 0 amide bonds. The number of nitrogens with zero attached hydrogens (tertiary/aromatic N) is 3. The van der Waals surface area contributed by atoms with Crippen LogP contribution in [0, 0.1) is 0 Å². The summed E-state index contributed by atoms with van der Waals surface area (Å²) in [5.74, 6) is 0. The molecule has 2 heterocycles. The third-order valence-electron chi connectivity index (χ3n) is 3.04. The monoisotopic (exact) mass is 286 g/mol. The summed E-state index contributed by atoms with van der Waals surface area (Å²) in [5.41, 5.74) is 2.08. The molecule has 0 aliphatic rings. The minimum absolute atomic E-state index is 0.0827. The van der Waals surface area contributed by atoms with Crippen molar-refractivity contribution in [2.75, 3.05) is 0 Å². The standard InChI is InChI=1S/C15H18N4S/c1-15(2,3)16-9-12-10-19(18-17-12)13-4-5-14-11(8-13)6-7-20-14/h4-8,10,16H,9H2,1-3H3. The minimum Gasteiger partial charge on any atom is -0.306 e. The van der Waals surface area contributed by atoms with Crippen molar-refractivity contribution in [1.82, 2.24) is 20.3 Å². The van der Waals surface area contributed by atoms with E-state index < -0.39 is 0 Å². The number of fused-ring (bicyclic) bond motifs is 1. The zero-order valence-electron chi connectivity index (χ0n) is 11.9. The molecule has 0 unspecified atom stereocenters. The summed E-state index contributed by atoms with van der Waals surface area (Å²) in [6.07, 6.45) is 1.98. The molecule has 104 valence electrons. The second-order valence-electron chi connectivity index (χ2n) is 5.90. The van der Waals surface area contributed by atoms with Gasteiger partial charge < -0.3 is 5.32 Å². The van der Waals surface area contributed by atoms with Crippen LogP contribution < -0.4 is 5.32 Å². The van der Waals surface area contributed by atoms with Crippen LogP contribution in [-0.4, -0.2) is 20.5 Å². The molecule has 0 spiro atoms. The van der Waals surface area contributed by atoms with Crippen LogP contribution in [0.5, 0.6) is 0 Å². The third-order valence-corrected chi connectivity index (χ3v) is 3.94. The van der Waals surface area contributed by atoms with Crippen LogP contribution in [0.1, 0.15) is 26.5 Å². The first-order valence-electron chi connectivity index (χ1n) is 6.65. The highest BCUT2D eigenvalue weighted by Gasteiger charge is 2.10. The van der Waals surface area contributed by atoms with Gasteiger partial charge in [0.2, 0.25) is 0 Å². The van der Waals surface area contributed by atoms with Crippen molar-refractivity contribution in [1.29, 1.82) is 0 Å². The van der Waals surface area contributed by atoms with Crippen molar-refractivity contribution in [3.05, 3.63) is 41.5 Å². The number of aromatic nitrogens is 3. The topological polar surface area (TPSA) is 42.7 Å². The zero-order chi connectivity index (χ0) is 14.2. The predicted molar refractivity (Wildman–Crippen MR) is 83.3 cm³/mol. The van der Waals surface area contributed by atoms with Gasteiger partial charge in [-0.1, -0.05) is 5.21 Å². The minimum atomic E-state index is 0.0827. The smallest absolute Gasteiger partial charge is 0.0969 e. The molecule has 1 aromatic carbocycles. The molecule has 0 aliphatic heterocycles. The van der Waals surface area contributed by atoms with Crippen molar-refractivity contribution in [3.8, 4) is 5.69 Å². The highest BCUT2D eigenvalue weighted by Crippen LogP contribution is 2.23. The second kappa shape index (κ2) is 5.00. The van der Waals surface area contributed by atoms with Crippen molar-refractivity contribution in [2.45, 2.75) is 32.9 Å². The van der Waals surface area contributed by atoms with Crippen LogP contribution in [0.2, 0.25) is 0 Å². The van der Waals surface area contributed by atoms with Gasteiger partial charge in [-0.15, -0.1) is 16.4 Å². The lowest BCUT2D eigenvalue weighted by Gasteiger charge is -2.19. The lowest BCUT2D eigenvalue weighted by molar-refractivity contribution is 0.421. The summed E-state index contributed by atoms with van der Waals surface area (Å²) < 4.78 is 3.13. The van der Waals surface area contributed by atoms with Gasteiger partial charge in [0.05, 0.1) is 17.6 Å². The van der Waals surface area contributed by atoms with Crippen LogP contribution in [0.4, 0.5) is 0 Å². The number of rotatable bonds is 3. The Hall–Kier alpha value is -1.72. The Morgan fingerprint density at radius 2 is 2.10 bits per heavy atom. The molecule has 0 bridgehead atoms. The Kier molecular flexibility index (Phi) is 3.31. The first kappa shape index (κ1) is 13.3. The molecule has 3 aromatic rings. The summed E-state index contributed by atoms with van der Waals surface area (Å²) in [4.78, 5) is 0. The van der Waals surface area contributed by atoms with Gasteiger partial charge in [0, 0.05) is 16.8 Å². The van der Waals surface area contributed by atoms with E-state index in [9.17, 15) is 0 Å². The molecule has 0 fully saturated rings. The van der Waals surface area contributed by atoms with E-state index in [1.54, 1.807) is 11.3 Å². The fourth-order valence-electron chi connectivity index (χ4n) is 1.96. The van der Waals surface area contributed by atoms with Gasteiger partial charge in [0.25, 0.3) is 0 Å². The summed E-state index contributed by atoms with van der Waals surface area (Å²) in [5, 5.41) is 15.2. The van der Waals surface area contributed by atoms with E-state index in [1.807, 2.05) is 10.9 Å². The van der Waals surface area contributed by atoms with E-state index in [-0.39, 0.29) is 5.54 Å². The number of benzene rings is 1. The van der Waals surface area contributed by atoms with Gasteiger partial charge >= 0.3 is 0 Å². The lowest BCUT2D eigenvalue weighted by atomic mass is 10.1. The highest BCUT2D eigenvalue weighted by molar-refractivity contribution is 7.17. The first-order chi connectivity index (χ1) is 9.51. The van der Waals surface area contributed by atoms with Crippen molar-refractivity contribution in [3.63, 3.8) is 0 Å². The van der Waals surface area contributed by atoms with Gasteiger partial charge in [-0.05, 0) is 55.8 Å². The number of nitrogens with one attached hydrogen (secondary N) is 1. The molecule has 1 N–H and O–H groups in total. The van der Waals surface area contributed by atoms with Gasteiger partial charge in [-0.2, -0.15) is 0 Å². The Labute approximate surface area is 122 Å². The van der Waals surface area contributed by atoms with E-state index in [2.05, 4.69) is 66.0 Å². The first-order valence-corrected chi connectivity index (χ1v) is 7.53. The van der Waals surface area contributed by atoms with E-state index >= 15 is 0 Å². The number of hydrogen-bond acceptors (Lipinski definition) is 4. The maximum atomic E-state index is 4.22. The summed E-state index contributed by atoms with van der Waals surface area (Å²) in [6.45, 7) is 7.15. The lowest BCUT2D eigenvalue weighted by Crippen LogP contribution is -2.35. The maximum absolute atomic E-state index is 4.22. The fourth-order valence-corrected chi connectivity index (χ4v) is 2.73. The van der Waals surface area contributed by atoms with Crippen LogP contribution in [0.3, 0.4) is 0 Å². The molecule has 0 atom stereocenters. The average Bonchev–Trinajstić information content (AvgIpc) is 3.03. The highest BCUT2D eigenvalue weighted by atomic mass is 32.1. The second-order valence-corrected chi connectivity index (χ2v) is 6.85. The average molecular weight is 286 g/mol. The molecule has 3 rings (SSSR count). The van der Waals surface area contributed by atoms with Gasteiger partial charge in [-0.25, -0.2) is 4.68 Å². The molecule has 5 heteroatoms. The van der Waals surface area contributed by atoms with Crippen molar-refractivity contribution in [2.24, 2.45) is 0 Å². The molecule has 0 aliphatic carbocycles. The summed E-state index contributed by atoms with van der Waals surface area (Å²) in [6, 6.07) is 8.47. The van der Waals surface area contributed by atoms with Crippen LogP contribution in [0.25, 0.3) is 15.8 Å². The van der Waals surface area contributed by atoms with E-state index in [0.717, 1.165) is 17.9 Å². The summed E-state index contributed by atoms with van der Waals surface area (Å²) >= 11 is 1.75. The number of hydrogen-bond donors (Lipinski definition) is 1. The quantitative estimate of drug-likeness (QED) is 0.802. The van der Waals surface area contributed by atoms with E-state index in [0.29, 0.717) is 0 Å². The molecule has 4 nitrogen and oxygen atoms in total. The van der Waals surface area contributed by atoms with Crippen molar-refractivity contribution < 1.29 is 0 Å². The van der Waals surface area contributed by atoms with Gasteiger partial charge in [-0.3, -0.25) is 0 Å². The zero-order valence-corrected chi connectivity index (χ0v) is 12.7. The molecular formula is C15H18N4S. The van der Waals surface area contributed by atoms with Gasteiger partial charge in [0.15, 0.2) is 0 Å². The maximum Gasteiger partial charge on any atom is 0.0969 e. The Balaban J connectivity index is 1.82. The Bertz CT molecular complexity index is 721. The van der Waals surface area contributed by atoms with Gasteiger partial charge in [0.1, 0.15) is 0 Å². The molecule has 20 heavy (non-hydrogen) atoms. The van der Waals surface area contributed by atoms with Crippen LogP contribution in [-0.2, 0) is 6.54 Å². The fraction of sp³-hybridized carbons (Fsp3) is 0.333.